The number of aliphatic hydroxyl groups is 1. The Balaban J connectivity index is 1.78. The molecule has 1 spiro atoms. The SMILES string of the molecule is Cc1cccc(C(O)C2CCOC3(CCOCC3)C2)c1C. The van der Waals surface area contributed by atoms with Crippen LogP contribution < -0.4 is 0 Å². The first-order chi connectivity index (χ1) is 10.1. The van der Waals surface area contributed by atoms with Gasteiger partial charge in [-0.3, -0.25) is 0 Å². The van der Waals surface area contributed by atoms with Gasteiger partial charge in [-0.2, -0.15) is 0 Å². The summed E-state index contributed by atoms with van der Waals surface area (Å²) in [6, 6.07) is 6.22. The predicted octanol–water partition coefficient (Wildman–Crippen LogP) is 3.31. The standard InChI is InChI=1S/C18H26O3/c1-13-4-3-5-16(14(13)2)17(19)15-6-9-21-18(12-15)7-10-20-11-8-18/h3-5,15,17,19H,6-12H2,1-2H3. The largest absolute Gasteiger partial charge is 0.388 e. The molecule has 0 bridgehead atoms. The minimum Gasteiger partial charge on any atom is -0.388 e. The second kappa shape index (κ2) is 6.07. The molecule has 0 amide bonds. The number of benzene rings is 1. The molecular formula is C18H26O3. The van der Waals surface area contributed by atoms with E-state index in [1.54, 1.807) is 0 Å². The Morgan fingerprint density at radius 1 is 1.19 bits per heavy atom. The lowest BCUT2D eigenvalue weighted by atomic mass is 9.76. The van der Waals surface area contributed by atoms with Crippen molar-refractivity contribution >= 4 is 0 Å². The van der Waals surface area contributed by atoms with E-state index in [0.717, 1.165) is 51.1 Å². The maximum absolute atomic E-state index is 10.9. The van der Waals surface area contributed by atoms with Gasteiger partial charge < -0.3 is 14.6 Å². The van der Waals surface area contributed by atoms with Crippen molar-refractivity contribution in [2.45, 2.75) is 51.2 Å². The Morgan fingerprint density at radius 3 is 2.71 bits per heavy atom. The third-order valence-electron chi connectivity index (χ3n) is 5.35. The number of aliphatic hydroxyl groups excluding tert-OH is 1. The highest BCUT2D eigenvalue weighted by Gasteiger charge is 2.41. The molecule has 2 saturated heterocycles. The number of ether oxygens (including phenoxy) is 2. The van der Waals surface area contributed by atoms with Crippen molar-refractivity contribution in [3.63, 3.8) is 0 Å². The fourth-order valence-electron chi connectivity index (χ4n) is 3.78. The Hall–Kier alpha value is -0.900. The van der Waals surface area contributed by atoms with Gasteiger partial charge in [-0.15, -0.1) is 0 Å². The van der Waals surface area contributed by atoms with Gasteiger partial charge >= 0.3 is 0 Å². The molecule has 0 radical (unpaired) electrons. The van der Waals surface area contributed by atoms with Gasteiger partial charge in [0.1, 0.15) is 0 Å². The van der Waals surface area contributed by atoms with E-state index in [4.69, 9.17) is 9.47 Å². The van der Waals surface area contributed by atoms with Crippen molar-refractivity contribution in [1.82, 2.24) is 0 Å². The smallest absolute Gasteiger partial charge is 0.0822 e. The summed E-state index contributed by atoms with van der Waals surface area (Å²) in [5.74, 6) is 0.289. The first-order valence-electron chi connectivity index (χ1n) is 8.07. The molecule has 0 aliphatic carbocycles. The second-order valence-electron chi connectivity index (χ2n) is 6.63. The third kappa shape index (κ3) is 3.01. The van der Waals surface area contributed by atoms with E-state index >= 15 is 0 Å². The molecule has 2 heterocycles. The van der Waals surface area contributed by atoms with Crippen LogP contribution in [0.3, 0.4) is 0 Å². The summed E-state index contributed by atoms with van der Waals surface area (Å²) in [5, 5.41) is 10.9. The van der Waals surface area contributed by atoms with E-state index in [1.807, 2.05) is 6.07 Å². The molecule has 2 aliphatic heterocycles. The maximum Gasteiger partial charge on any atom is 0.0822 e. The van der Waals surface area contributed by atoms with Crippen molar-refractivity contribution in [2.75, 3.05) is 19.8 Å². The van der Waals surface area contributed by atoms with E-state index in [2.05, 4.69) is 26.0 Å². The van der Waals surface area contributed by atoms with Crippen LogP contribution >= 0.6 is 0 Å². The molecule has 3 rings (SSSR count). The van der Waals surface area contributed by atoms with Gasteiger partial charge in [0.05, 0.1) is 11.7 Å². The average Bonchev–Trinajstić information content (AvgIpc) is 2.50. The van der Waals surface area contributed by atoms with Gasteiger partial charge in [0, 0.05) is 19.8 Å². The molecule has 0 saturated carbocycles. The number of hydrogen-bond donors (Lipinski definition) is 1. The summed E-state index contributed by atoms with van der Waals surface area (Å²) in [7, 11) is 0. The van der Waals surface area contributed by atoms with Crippen LogP contribution in [0.4, 0.5) is 0 Å². The summed E-state index contributed by atoms with van der Waals surface area (Å²) in [6.07, 6.45) is 3.43. The topological polar surface area (TPSA) is 38.7 Å². The molecule has 3 heteroatoms. The van der Waals surface area contributed by atoms with E-state index in [9.17, 15) is 5.11 Å². The van der Waals surface area contributed by atoms with Crippen LogP contribution in [0, 0.1) is 19.8 Å². The Morgan fingerprint density at radius 2 is 1.95 bits per heavy atom. The summed E-state index contributed by atoms with van der Waals surface area (Å²) in [6.45, 7) is 6.54. The highest BCUT2D eigenvalue weighted by Crippen LogP contribution is 2.42. The van der Waals surface area contributed by atoms with Gasteiger partial charge in [-0.1, -0.05) is 18.2 Å². The summed E-state index contributed by atoms with van der Waals surface area (Å²) < 4.78 is 11.6. The molecule has 2 aliphatic rings. The maximum atomic E-state index is 10.9. The summed E-state index contributed by atoms with van der Waals surface area (Å²) in [5.41, 5.74) is 3.50. The van der Waals surface area contributed by atoms with Crippen molar-refractivity contribution in [2.24, 2.45) is 5.92 Å². The second-order valence-corrected chi connectivity index (χ2v) is 6.63. The summed E-state index contributed by atoms with van der Waals surface area (Å²) >= 11 is 0. The van der Waals surface area contributed by atoms with Crippen LogP contribution in [0.1, 0.15) is 48.5 Å². The molecule has 21 heavy (non-hydrogen) atoms. The number of hydrogen-bond acceptors (Lipinski definition) is 3. The fourth-order valence-corrected chi connectivity index (χ4v) is 3.78. The normalized spacial score (nSPS) is 26.7. The van der Waals surface area contributed by atoms with Gasteiger partial charge in [0.2, 0.25) is 0 Å². The number of rotatable bonds is 2. The Kier molecular flexibility index (Phi) is 4.34. The first-order valence-corrected chi connectivity index (χ1v) is 8.07. The quantitative estimate of drug-likeness (QED) is 0.908. The lowest BCUT2D eigenvalue weighted by molar-refractivity contribution is -0.159. The van der Waals surface area contributed by atoms with Gasteiger partial charge in [0.15, 0.2) is 0 Å². The number of aryl methyl sites for hydroxylation is 1. The Bertz CT molecular complexity index is 486. The van der Waals surface area contributed by atoms with Crippen LogP contribution in [0.5, 0.6) is 0 Å². The lowest BCUT2D eigenvalue weighted by Gasteiger charge is -2.44. The zero-order valence-electron chi connectivity index (χ0n) is 13.1. The molecule has 1 N–H and O–H groups in total. The molecule has 1 aromatic carbocycles. The van der Waals surface area contributed by atoms with Crippen LogP contribution in [0.2, 0.25) is 0 Å². The summed E-state index contributed by atoms with van der Waals surface area (Å²) in [4.78, 5) is 0. The van der Waals surface area contributed by atoms with Crippen molar-refractivity contribution in [1.29, 1.82) is 0 Å². The predicted molar refractivity (Wildman–Crippen MR) is 82.3 cm³/mol. The van der Waals surface area contributed by atoms with Gasteiger partial charge in [-0.25, -0.2) is 0 Å². The highest BCUT2D eigenvalue weighted by atomic mass is 16.5. The van der Waals surface area contributed by atoms with Crippen molar-refractivity contribution in [3.8, 4) is 0 Å². The van der Waals surface area contributed by atoms with Crippen LogP contribution in [-0.2, 0) is 9.47 Å². The monoisotopic (exact) mass is 290 g/mol. The van der Waals surface area contributed by atoms with Crippen LogP contribution in [0.25, 0.3) is 0 Å². The van der Waals surface area contributed by atoms with E-state index in [0.29, 0.717) is 0 Å². The highest BCUT2D eigenvalue weighted by molar-refractivity contribution is 5.35. The lowest BCUT2D eigenvalue weighted by Crippen LogP contribution is -2.45. The van der Waals surface area contributed by atoms with Crippen molar-refractivity contribution in [3.05, 3.63) is 34.9 Å². The van der Waals surface area contributed by atoms with E-state index < -0.39 is 0 Å². The zero-order valence-corrected chi connectivity index (χ0v) is 13.1. The molecular weight excluding hydrogens is 264 g/mol. The molecule has 3 nitrogen and oxygen atoms in total. The van der Waals surface area contributed by atoms with E-state index in [-0.39, 0.29) is 17.6 Å². The van der Waals surface area contributed by atoms with Gasteiger partial charge in [-0.05, 0) is 62.1 Å². The first kappa shape index (κ1) is 15.0. The van der Waals surface area contributed by atoms with Crippen molar-refractivity contribution < 1.29 is 14.6 Å². The third-order valence-corrected chi connectivity index (χ3v) is 5.35. The molecule has 2 atom stereocenters. The van der Waals surface area contributed by atoms with Gasteiger partial charge in [0.25, 0.3) is 0 Å². The molecule has 0 aromatic heterocycles. The zero-order chi connectivity index (χ0) is 14.9. The minimum absolute atomic E-state index is 0.0557. The van der Waals surface area contributed by atoms with E-state index in [1.165, 1.54) is 11.1 Å². The molecule has 2 fully saturated rings. The molecule has 1 aromatic rings. The van der Waals surface area contributed by atoms with Crippen LogP contribution in [0.15, 0.2) is 18.2 Å². The average molecular weight is 290 g/mol. The Labute approximate surface area is 127 Å². The molecule has 2 unspecified atom stereocenters. The fraction of sp³-hybridized carbons (Fsp3) is 0.667. The minimum atomic E-state index is -0.381. The molecule has 116 valence electrons. The van der Waals surface area contributed by atoms with Crippen LogP contribution in [-0.4, -0.2) is 30.5 Å².